The van der Waals surface area contributed by atoms with E-state index in [2.05, 4.69) is 10.3 Å². The fraction of sp³-hybridized carbons (Fsp3) is 0.368. The van der Waals surface area contributed by atoms with Crippen LogP contribution >= 0.6 is 11.3 Å². The van der Waals surface area contributed by atoms with Gasteiger partial charge in [-0.1, -0.05) is 30.3 Å². The predicted molar refractivity (Wildman–Crippen MR) is 102 cm³/mol. The molecule has 5 nitrogen and oxygen atoms in total. The van der Waals surface area contributed by atoms with Gasteiger partial charge in [-0.05, 0) is 32.4 Å². The minimum atomic E-state index is -0.0370. The lowest BCUT2D eigenvalue weighted by atomic mass is 10.2. The lowest BCUT2D eigenvalue weighted by molar-refractivity contribution is 0.0770. The SMILES string of the molecule is CC(C)OCCCNCc1cc(=O)n2c(-c3ccccc3)csc2n1. The van der Waals surface area contributed by atoms with Crippen molar-refractivity contribution in [3.05, 3.63) is 57.8 Å². The number of rotatable bonds is 8. The lowest BCUT2D eigenvalue weighted by Crippen LogP contribution is -2.21. The standard InChI is InChI=1S/C19H23N3O2S/c1-14(2)24-10-6-9-20-12-16-11-18(23)22-17(13-25-19(22)21-16)15-7-4-3-5-8-15/h3-5,7-8,11,13-14,20H,6,9-10,12H2,1-2H3. The summed E-state index contributed by atoms with van der Waals surface area (Å²) in [5, 5.41) is 5.31. The van der Waals surface area contributed by atoms with E-state index >= 15 is 0 Å². The molecule has 132 valence electrons. The third-order valence-electron chi connectivity index (χ3n) is 3.78. The minimum absolute atomic E-state index is 0.0370. The quantitative estimate of drug-likeness (QED) is 0.628. The molecule has 2 aromatic heterocycles. The van der Waals surface area contributed by atoms with Crippen LogP contribution in [0.4, 0.5) is 0 Å². The summed E-state index contributed by atoms with van der Waals surface area (Å²) in [6.45, 7) is 6.24. The van der Waals surface area contributed by atoms with E-state index in [0.717, 1.165) is 41.5 Å². The molecule has 0 bridgehead atoms. The number of fused-ring (bicyclic) bond motifs is 1. The van der Waals surface area contributed by atoms with Crippen molar-refractivity contribution < 1.29 is 4.74 Å². The number of hydrogen-bond donors (Lipinski definition) is 1. The van der Waals surface area contributed by atoms with Gasteiger partial charge in [-0.3, -0.25) is 9.20 Å². The average molecular weight is 357 g/mol. The first-order valence-corrected chi connectivity index (χ1v) is 9.41. The molecule has 0 amide bonds. The van der Waals surface area contributed by atoms with Crippen LogP contribution in [-0.4, -0.2) is 28.6 Å². The van der Waals surface area contributed by atoms with Gasteiger partial charge in [0.1, 0.15) is 0 Å². The van der Waals surface area contributed by atoms with Crippen molar-refractivity contribution in [3.63, 3.8) is 0 Å². The van der Waals surface area contributed by atoms with Crippen molar-refractivity contribution in [1.82, 2.24) is 14.7 Å². The van der Waals surface area contributed by atoms with E-state index in [0.29, 0.717) is 6.54 Å². The fourth-order valence-corrected chi connectivity index (χ4v) is 3.52. The molecule has 25 heavy (non-hydrogen) atoms. The Hall–Kier alpha value is -2.02. The Morgan fingerprint density at radius 3 is 2.84 bits per heavy atom. The van der Waals surface area contributed by atoms with E-state index in [1.807, 2.05) is 49.6 Å². The summed E-state index contributed by atoms with van der Waals surface area (Å²) in [4.78, 5) is 17.9. The summed E-state index contributed by atoms with van der Waals surface area (Å²) in [7, 11) is 0. The molecule has 0 fully saturated rings. The topological polar surface area (TPSA) is 55.6 Å². The van der Waals surface area contributed by atoms with Crippen LogP contribution in [0.3, 0.4) is 0 Å². The number of hydrogen-bond acceptors (Lipinski definition) is 5. The van der Waals surface area contributed by atoms with Crippen LogP contribution in [-0.2, 0) is 11.3 Å². The number of nitrogens with zero attached hydrogens (tertiary/aromatic N) is 2. The summed E-state index contributed by atoms with van der Waals surface area (Å²) in [6, 6.07) is 11.5. The molecule has 3 aromatic rings. The molecule has 0 saturated heterocycles. The van der Waals surface area contributed by atoms with Gasteiger partial charge in [0.2, 0.25) is 0 Å². The molecule has 1 aromatic carbocycles. The summed E-state index contributed by atoms with van der Waals surface area (Å²) in [5.74, 6) is 0. The first kappa shape index (κ1) is 17.8. The third-order valence-corrected chi connectivity index (χ3v) is 4.61. The van der Waals surface area contributed by atoms with Gasteiger partial charge in [-0.2, -0.15) is 0 Å². The molecule has 0 aliphatic carbocycles. The van der Waals surface area contributed by atoms with Gasteiger partial charge in [-0.25, -0.2) is 4.98 Å². The van der Waals surface area contributed by atoms with Crippen molar-refractivity contribution in [1.29, 1.82) is 0 Å². The van der Waals surface area contributed by atoms with E-state index in [1.54, 1.807) is 10.5 Å². The normalized spacial score (nSPS) is 11.5. The number of ether oxygens (including phenoxy) is 1. The lowest BCUT2D eigenvalue weighted by Gasteiger charge is -2.08. The highest BCUT2D eigenvalue weighted by Gasteiger charge is 2.10. The molecular weight excluding hydrogens is 334 g/mol. The van der Waals surface area contributed by atoms with Gasteiger partial charge in [0, 0.05) is 24.6 Å². The molecule has 0 aliphatic heterocycles. The van der Waals surface area contributed by atoms with Gasteiger partial charge in [0.05, 0.1) is 17.5 Å². The van der Waals surface area contributed by atoms with E-state index in [-0.39, 0.29) is 11.7 Å². The zero-order valence-electron chi connectivity index (χ0n) is 14.6. The third kappa shape index (κ3) is 4.54. The van der Waals surface area contributed by atoms with Crippen molar-refractivity contribution >= 4 is 16.3 Å². The average Bonchev–Trinajstić information content (AvgIpc) is 3.03. The Morgan fingerprint density at radius 2 is 2.08 bits per heavy atom. The van der Waals surface area contributed by atoms with Crippen molar-refractivity contribution in [2.24, 2.45) is 0 Å². The molecule has 0 unspecified atom stereocenters. The van der Waals surface area contributed by atoms with E-state index in [1.165, 1.54) is 11.3 Å². The van der Waals surface area contributed by atoms with Gasteiger partial charge in [-0.15, -0.1) is 11.3 Å². The Kier molecular flexibility index (Phi) is 5.96. The second kappa shape index (κ2) is 8.38. The summed E-state index contributed by atoms with van der Waals surface area (Å²) >= 11 is 1.49. The summed E-state index contributed by atoms with van der Waals surface area (Å²) in [6.07, 6.45) is 1.21. The molecule has 0 aliphatic rings. The first-order valence-electron chi connectivity index (χ1n) is 8.53. The second-order valence-electron chi connectivity index (χ2n) is 6.14. The smallest absolute Gasteiger partial charge is 0.259 e. The number of nitrogens with one attached hydrogen (secondary N) is 1. The van der Waals surface area contributed by atoms with Gasteiger partial charge < -0.3 is 10.1 Å². The van der Waals surface area contributed by atoms with E-state index in [9.17, 15) is 4.79 Å². The molecule has 6 heteroatoms. The molecule has 3 rings (SSSR count). The van der Waals surface area contributed by atoms with E-state index < -0.39 is 0 Å². The van der Waals surface area contributed by atoms with Gasteiger partial charge in [0.25, 0.3) is 5.56 Å². The van der Waals surface area contributed by atoms with Gasteiger partial charge >= 0.3 is 0 Å². The van der Waals surface area contributed by atoms with Crippen LogP contribution < -0.4 is 10.9 Å². The molecular formula is C19H23N3O2S. The molecule has 1 N–H and O–H groups in total. The minimum Gasteiger partial charge on any atom is -0.379 e. The van der Waals surface area contributed by atoms with Crippen molar-refractivity contribution in [2.75, 3.05) is 13.2 Å². The predicted octanol–water partition coefficient (Wildman–Crippen LogP) is 3.33. The molecule has 0 spiro atoms. The van der Waals surface area contributed by atoms with E-state index in [4.69, 9.17) is 4.74 Å². The maximum atomic E-state index is 12.5. The number of aromatic nitrogens is 2. The van der Waals surface area contributed by atoms with Crippen molar-refractivity contribution in [2.45, 2.75) is 32.9 Å². The van der Waals surface area contributed by atoms with Crippen LogP contribution in [0.2, 0.25) is 0 Å². The Morgan fingerprint density at radius 1 is 1.28 bits per heavy atom. The first-order chi connectivity index (χ1) is 12.1. The molecule has 0 atom stereocenters. The highest BCUT2D eigenvalue weighted by molar-refractivity contribution is 7.15. The van der Waals surface area contributed by atoms with Gasteiger partial charge in [0.15, 0.2) is 4.96 Å². The van der Waals surface area contributed by atoms with Crippen LogP contribution in [0.15, 0.2) is 46.6 Å². The monoisotopic (exact) mass is 357 g/mol. The fourth-order valence-electron chi connectivity index (χ4n) is 2.60. The highest BCUT2D eigenvalue weighted by Crippen LogP contribution is 2.23. The molecule has 0 radical (unpaired) electrons. The largest absolute Gasteiger partial charge is 0.379 e. The van der Waals surface area contributed by atoms with Crippen LogP contribution in [0.1, 0.15) is 26.0 Å². The highest BCUT2D eigenvalue weighted by atomic mass is 32.1. The summed E-state index contributed by atoms with van der Waals surface area (Å²) < 4.78 is 7.19. The zero-order valence-corrected chi connectivity index (χ0v) is 15.4. The number of thiazole rings is 1. The molecule has 2 heterocycles. The molecule has 0 saturated carbocycles. The second-order valence-corrected chi connectivity index (χ2v) is 6.98. The van der Waals surface area contributed by atoms with Crippen LogP contribution in [0.5, 0.6) is 0 Å². The number of benzene rings is 1. The zero-order chi connectivity index (χ0) is 17.6. The Balaban J connectivity index is 1.68. The Bertz CT molecular complexity index is 871. The maximum absolute atomic E-state index is 12.5. The summed E-state index contributed by atoms with van der Waals surface area (Å²) in [5.41, 5.74) is 2.65. The van der Waals surface area contributed by atoms with Crippen LogP contribution in [0, 0.1) is 0 Å². The van der Waals surface area contributed by atoms with Crippen molar-refractivity contribution in [3.8, 4) is 11.3 Å². The Labute approximate surface area is 151 Å². The van der Waals surface area contributed by atoms with Crippen LogP contribution in [0.25, 0.3) is 16.2 Å². The maximum Gasteiger partial charge on any atom is 0.259 e.